The summed E-state index contributed by atoms with van der Waals surface area (Å²) in [6, 6.07) is -0.955. The molecular formula is C22H26F3N7O4. The summed E-state index contributed by atoms with van der Waals surface area (Å²) in [5.41, 5.74) is 0.386. The number of nitrogens with one attached hydrogen (secondary N) is 3. The van der Waals surface area contributed by atoms with Crippen LogP contribution in [-0.4, -0.2) is 78.5 Å². The highest BCUT2D eigenvalue weighted by molar-refractivity contribution is 5.92. The molecule has 14 heteroatoms. The molecule has 0 radical (unpaired) electrons. The molecule has 1 fully saturated rings. The number of nitrogens with zero attached hydrogens (tertiary/aromatic N) is 4. The average molecular weight is 509 g/mol. The van der Waals surface area contributed by atoms with E-state index in [1.54, 1.807) is 6.20 Å². The van der Waals surface area contributed by atoms with Crippen molar-refractivity contribution >= 4 is 22.8 Å². The normalized spacial score (nSPS) is 22.7. The van der Waals surface area contributed by atoms with E-state index in [0.717, 1.165) is 23.6 Å². The maximum absolute atomic E-state index is 12.8. The fourth-order valence-electron chi connectivity index (χ4n) is 3.90. The standard InChI is InChI=1S/C22H26F3N7O4/c1-10(2)3-11-4-27-19-12(11)5-28-20(32-19)21(35)29-6-14-18(34)17(33)13(9-36-14)30-16-8-26-7-15(31-16)22(23,24)25/h4-5,7-8,10,13-14,17-18,33-34H,3,6,9H2,1-2H3,(H,29,35)(H,30,31)(H,27,28,32)/t13-,14+,17+,18-/m0/s1. The molecular weight excluding hydrogens is 483 g/mol. The fourth-order valence-corrected chi connectivity index (χ4v) is 3.90. The lowest BCUT2D eigenvalue weighted by atomic mass is 9.98. The number of aromatic amines is 1. The molecule has 0 spiro atoms. The second-order valence-corrected chi connectivity index (χ2v) is 8.97. The maximum Gasteiger partial charge on any atom is 0.434 e. The van der Waals surface area contributed by atoms with Crippen LogP contribution in [0.4, 0.5) is 19.0 Å². The number of halogens is 3. The Labute approximate surface area is 203 Å². The van der Waals surface area contributed by atoms with Gasteiger partial charge in [-0.15, -0.1) is 0 Å². The minimum absolute atomic E-state index is 0.0750. The van der Waals surface area contributed by atoms with Gasteiger partial charge in [0.2, 0.25) is 5.82 Å². The molecule has 1 aliphatic heterocycles. The largest absolute Gasteiger partial charge is 0.434 e. The highest BCUT2D eigenvalue weighted by Gasteiger charge is 2.39. The molecule has 4 atom stereocenters. The molecule has 5 N–H and O–H groups in total. The monoisotopic (exact) mass is 509 g/mol. The Morgan fingerprint density at radius 1 is 1.22 bits per heavy atom. The Morgan fingerprint density at radius 2 is 2.00 bits per heavy atom. The fraction of sp³-hybridized carbons (Fsp3) is 0.500. The van der Waals surface area contributed by atoms with E-state index >= 15 is 0 Å². The van der Waals surface area contributed by atoms with Crippen LogP contribution in [0, 0.1) is 5.92 Å². The van der Waals surface area contributed by atoms with Crippen molar-refractivity contribution in [3.8, 4) is 0 Å². The number of carbonyl (C=O) groups is 1. The van der Waals surface area contributed by atoms with E-state index in [2.05, 4.69) is 49.4 Å². The molecule has 194 valence electrons. The van der Waals surface area contributed by atoms with Crippen molar-refractivity contribution in [2.75, 3.05) is 18.5 Å². The lowest BCUT2D eigenvalue weighted by molar-refractivity contribution is -0.141. The molecule has 1 saturated heterocycles. The average Bonchev–Trinajstić information content (AvgIpc) is 3.22. The third-order valence-corrected chi connectivity index (χ3v) is 5.70. The predicted octanol–water partition coefficient (Wildman–Crippen LogP) is 1.30. The zero-order valence-corrected chi connectivity index (χ0v) is 19.5. The predicted molar refractivity (Wildman–Crippen MR) is 121 cm³/mol. The van der Waals surface area contributed by atoms with Crippen molar-refractivity contribution in [3.05, 3.63) is 41.9 Å². The highest BCUT2D eigenvalue weighted by atomic mass is 19.4. The minimum atomic E-state index is -4.68. The van der Waals surface area contributed by atoms with Gasteiger partial charge in [0.15, 0.2) is 5.69 Å². The van der Waals surface area contributed by atoms with Crippen LogP contribution in [0.3, 0.4) is 0 Å². The molecule has 0 aliphatic carbocycles. The van der Waals surface area contributed by atoms with E-state index in [-0.39, 0.29) is 24.8 Å². The van der Waals surface area contributed by atoms with Crippen LogP contribution in [0.15, 0.2) is 24.8 Å². The second-order valence-electron chi connectivity index (χ2n) is 8.97. The lowest BCUT2D eigenvalue weighted by Crippen LogP contribution is -2.58. The van der Waals surface area contributed by atoms with Crippen molar-refractivity contribution < 1.29 is 32.9 Å². The van der Waals surface area contributed by atoms with Crippen molar-refractivity contribution in [1.29, 1.82) is 0 Å². The third kappa shape index (κ3) is 5.71. The van der Waals surface area contributed by atoms with Gasteiger partial charge >= 0.3 is 6.18 Å². The van der Waals surface area contributed by atoms with E-state index in [1.165, 1.54) is 0 Å². The van der Waals surface area contributed by atoms with Crippen molar-refractivity contribution in [1.82, 2.24) is 30.2 Å². The quantitative estimate of drug-likeness (QED) is 0.316. The third-order valence-electron chi connectivity index (χ3n) is 5.70. The van der Waals surface area contributed by atoms with Crippen molar-refractivity contribution in [3.63, 3.8) is 0 Å². The van der Waals surface area contributed by atoms with Gasteiger partial charge in [0, 0.05) is 24.3 Å². The molecule has 11 nitrogen and oxygen atoms in total. The van der Waals surface area contributed by atoms with E-state index in [1.807, 2.05) is 6.20 Å². The van der Waals surface area contributed by atoms with E-state index in [0.29, 0.717) is 17.8 Å². The number of H-pyrrole nitrogens is 1. The number of hydrogen-bond acceptors (Lipinski definition) is 9. The topological polar surface area (TPSA) is 158 Å². The molecule has 36 heavy (non-hydrogen) atoms. The summed E-state index contributed by atoms with van der Waals surface area (Å²) in [4.78, 5) is 30.9. The number of aliphatic hydroxyl groups excluding tert-OH is 2. The Bertz CT molecular complexity index is 1220. The van der Waals surface area contributed by atoms with Crippen molar-refractivity contribution in [2.45, 2.75) is 50.8 Å². The van der Waals surface area contributed by atoms with Crippen LogP contribution >= 0.6 is 0 Å². The summed E-state index contributed by atoms with van der Waals surface area (Å²) < 4.78 is 44.1. The van der Waals surface area contributed by atoms with Crippen LogP contribution in [0.25, 0.3) is 11.0 Å². The Kier molecular flexibility index (Phi) is 7.38. The number of ether oxygens (including phenoxy) is 1. The molecule has 3 aromatic rings. The van der Waals surface area contributed by atoms with Gasteiger partial charge in [0.05, 0.1) is 25.0 Å². The first-order valence-corrected chi connectivity index (χ1v) is 11.3. The van der Waals surface area contributed by atoms with E-state index < -0.39 is 42.1 Å². The van der Waals surface area contributed by atoms with Crippen molar-refractivity contribution in [2.24, 2.45) is 5.92 Å². The van der Waals surface area contributed by atoms with Crippen LogP contribution in [0.2, 0.25) is 0 Å². The second kappa shape index (κ2) is 10.3. The van der Waals surface area contributed by atoms with Gasteiger partial charge < -0.3 is 30.6 Å². The minimum Gasteiger partial charge on any atom is -0.388 e. The summed E-state index contributed by atoms with van der Waals surface area (Å²) in [5, 5.41) is 26.9. The molecule has 1 amide bonds. The maximum atomic E-state index is 12.8. The molecule has 0 saturated carbocycles. The molecule has 3 aromatic heterocycles. The molecule has 4 rings (SSSR count). The van der Waals surface area contributed by atoms with Crippen LogP contribution in [0.1, 0.15) is 35.7 Å². The number of alkyl halides is 3. The Hall–Kier alpha value is -3.36. The van der Waals surface area contributed by atoms with Gasteiger partial charge in [-0.05, 0) is 17.9 Å². The van der Waals surface area contributed by atoms with Gasteiger partial charge in [-0.3, -0.25) is 9.78 Å². The molecule has 0 aromatic carbocycles. The zero-order valence-electron chi connectivity index (χ0n) is 19.5. The summed E-state index contributed by atoms with van der Waals surface area (Å²) in [5.74, 6) is -0.461. The number of rotatable bonds is 7. The van der Waals surface area contributed by atoms with Gasteiger partial charge in [-0.25, -0.2) is 15.0 Å². The molecule has 4 heterocycles. The van der Waals surface area contributed by atoms with Crippen LogP contribution in [0.5, 0.6) is 0 Å². The van der Waals surface area contributed by atoms with E-state index in [4.69, 9.17) is 4.74 Å². The van der Waals surface area contributed by atoms with Crippen LogP contribution in [-0.2, 0) is 17.3 Å². The number of amides is 1. The molecule has 1 aliphatic rings. The molecule has 0 unspecified atom stereocenters. The van der Waals surface area contributed by atoms with Gasteiger partial charge in [-0.2, -0.15) is 13.2 Å². The zero-order chi connectivity index (χ0) is 26.0. The van der Waals surface area contributed by atoms with Crippen LogP contribution < -0.4 is 10.6 Å². The lowest BCUT2D eigenvalue weighted by Gasteiger charge is -2.38. The first-order chi connectivity index (χ1) is 17.0. The Balaban J connectivity index is 1.34. The number of aliphatic hydroxyl groups is 2. The number of carbonyl (C=O) groups excluding carboxylic acids is 1. The number of fused-ring (bicyclic) bond motifs is 1. The van der Waals surface area contributed by atoms with E-state index in [9.17, 15) is 28.2 Å². The highest BCUT2D eigenvalue weighted by Crippen LogP contribution is 2.28. The first kappa shape index (κ1) is 25.7. The SMILES string of the molecule is CC(C)Cc1c[nH]c2nc(C(=O)NC[C@H]3OC[C@H](Nc4cncc(C(F)(F)F)n4)[C@@H](O)[C@H]3O)ncc12. The number of hydrogen-bond donors (Lipinski definition) is 5. The summed E-state index contributed by atoms with van der Waals surface area (Å²) >= 11 is 0. The summed E-state index contributed by atoms with van der Waals surface area (Å²) in [7, 11) is 0. The van der Waals surface area contributed by atoms with Gasteiger partial charge in [0.1, 0.15) is 29.8 Å². The van der Waals surface area contributed by atoms with Gasteiger partial charge in [-0.1, -0.05) is 13.8 Å². The smallest absolute Gasteiger partial charge is 0.388 e. The summed E-state index contributed by atoms with van der Waals surface area (Å²) in [6.45, 7) is 3.87. The Morgan fingerprint density at radius 3 is 2.72 bits per heavy atom. The number of aromatic nitrogens is 5. The molecule has 0 bridgehead atoms. The van der Waals surface area contributed by atoms with Gasteiger partial charge in [0.25, 0.3) is 5.91 Å². The number of anilines is 1. The first-order valence-electron chi connectivity index (χ1n) is 11.3. The summed E-state index contributed by atoms with van der Waals surface area (Å²) in [6.07, 6.45) is -2.62.